The van der Waals surface area contributed by atoms with Gasteiger partial charge in [0.15, 0.2) is 5.17 Å². The summed E-state index contributed by atoms with van der Waals surface area (Å²) < 4.78 is 5.76. The average Bonchev–Trinajstić information content (AvgIpc) is 2.91. The number of hydrogen-bond donors (Lipinski definition) is 0. The van der Waals surface area contributed by atoms with Gasteiger partial charge in [-0.1, -0.05) is 41.4 Å². The number of amidine groups is 1. The smallest absolute Gasteiger partial charge is 0.266 e. The van der Waals surface area contributed by atoms with Crippen molar-refractivity contribution in [3.05, 3.63) is 68.5 Å². The maximum Gasteiger partial charge on any atom is 0.266 e. The number of amides is 1. The van der Waals surface area contributed by atoms with Gasteiger partial charge in [0.25, 0.3) is 5.91 Å². The summed E-state index contributed by atoms with van der Waals surface area (Å²) in [6, 6.07) is 13.0. The maximum atomic E-state index is 12.2. The molecule has 1 aliphatic heterocycles. The van der Waals surface area contributed by atoms with Gasteiger partial charge in [-0.25, -0.2) is 0 Å². The highest BCUT2D eigenvalue weighted by molar-refractivity contribution is 8.18. The Bertz CT molecular complexity index is 895. The van der Waals surface area contributed by atoms with Crippen molar-refractivity contribution < 1.29 is 9.53 Å². The van der Waals surface area contributed by atoms with Gasteiger partial charge in [0.1, 0.15) is 12.4 Å². The van der Waals surface area contributed by atoms with Gasteiger partial charge in [0.05, 0.1) is 15.0 Å². The van der Waals surface area contributed by atoms with Crippen molar-refractivity contribution in [1.82, 2.24) is 4.90 Å². The Morgan fingerprint density at radius 1 is 1.15 bits per heavy atom. The summed E-state index contributed by atoms with van der Waals surface area (Å²) in [4.78, 5) is 18.5. The topological polar surface area (TPSA) is 41.9 Å². The largest absolute Gasteiger partial charge is 0.489 e. The molecule has 0 atom stereocenters. The van der Waals surface area contributed by atoms with Crippen LogP contribution < -0.4 is 4.74 Å². The molecule has 0 saturated carbocycles. The van der Waals surface area contributed by atoms with Crippen LogP contribution in [0.5, 0.6) is 5.75 Å². The van der Waals surface area contributed by atoms with E-state index in [0.29, 0.717) is 26.7 Å². The van der Waals surface area contributed by atoms with Crippen LogP contribution in [0.2, 0.25) is 10.0 Å². The summed E-state index contributed by atoms with van der Waals surface area (Å²) in [5.41, 5.74) is 1.86. The molecule has 134 valence electrons. The van der Waals surface area contributed by atoms with Gasteiger partial charge in [-0.05, 0) is 53.2 Å². The lowest BCUT2D eigenvalue weighted by Gasteiger charge is -2.07. The molecule has 4 nitrogen and oxygen atoms in total. The number of aliphatic imine (C=N–C) groups is 1. The van der Waals surface area contributed by atoms with Gasteiger partial charge in [0.2, 0.25) is 0 Å². The fraction of sp³-hybridized carbons (Fsp3) is 0.158. The zero-order valence-electron chi connectivity index (χ0n) is 14.2. The Hall–Kier alpha value is -1.95. The van der Waals surface area contributed by atoms with Crippen LogP contribution in [0.1, 0.15) is 11.1 Å². The number of carbonyl (C=O) groups is 1. The Morgan fingerprint density at radius 3 is 2.50 bits per heavy atom. The lowest BCUT2D eigenvalue weighted by Crippen LogP contribution is -2.23. The first kappa shape index (κ1) is 18.8. The van der Waals surface area contributed by atoms with E-state index in [4.69, 9.17) is 27.9 Å². The van der Waals surface area contributed by atoms with Crippen LogP contribution in [0.4, 0.5) is 0 Å². The number of ether oxygens (including phenoxy) is 1. The molecule has 0 N–H and O–H groups in total. The molecule has 1 aliphatic rings. The predicted molar refractivity (Wildman–Crippen MR) is 109 cm³/mol. The number of likely N-dealkylation sites (N-methyl/N-ethyl adjacent to an activating group) is 1. The Kier molecular flexibility index (Phi) is 5.91. The molecule has 7 heteroatoms. The lowest BCUT2D eigenvalue weighted by molar-refractivity contribution is -0.121. The number of thioether (sulfide) groups is 1. The van der Waals surface area contributed by atoms with E-state index in [1.165, 1.54) is 11.8 Å². The molecule has 0 unspecified atom stereocenters. The minimum Gasteiger partial charge on any atom is -0.489 e. The average molecular weight is 407 g/mol. The number of hydrogen-bond acceptors (Lipinski definition) is 4. The molecule has 1 saturated heterocycles. The van der Waals surface area contributed by atoms with Crippen molar-refractivity contribution in [2.75, 3.05) is 14.1 Å². The number of benzene rings is 2. The molecule has 2 aromatic rings. The SMILES string of the molecule is CN=C1S/C(=C/c2ccc(OCc3ccc(Cl)c(Cl)c3)cc2)C(=O)N1C. The molecule has 0 aromatic heterocycles. The van der Waals surface area contributed by atoms with E-state index < -0.39 is 0 Å². The fourth-order valence-corrected chi connectivity index (χ4v) is 3.60. The Balaban J connectivity index is 1.66. The van der Waals surface area contributed by atoms with E-state index in [0.717, 1.165) is 16.9 Å². The normalized spacial score (nSPS) is 17.4. The molecule has 26 heavy (non-hydrogen) atoms. The van der Waals surface area contributed by atoms with Crippen LogP contribution in [0.25, 0.3) is 6.08 Å². The summed E-state index contributed by atoms with van der Waals surface area (Å²) in [7, 11) is 3.40. The zero-order chi connectivity index (χ0) is 18.7. The van der Waals surface area contributed by atoms with E-state index in [9.17, 15) is 4.79 Å². The predicted octanol–water partition coefficient (Wildman–Crippen LogP) is 5.10. The second-order valence-electron chi connectivity index (χ2n) is 5.59. The number of rotatable bonds is 4. The number of halogens is 2. The standard InChI is InChI=1S/C19H16Cl2N2O2S/c1-22-19-23(2)18(24)17(26-19)10-12-3-6-14(7-4-12)25-11-13-5-8-15(20)16(21)9-13/h3-10H,11H2,1-2H3/b17-10+,22-19?. The summed E-state index contributed by atoms with van der Waals surface area (Å²) in [5, 5.41) is 1.73. The molecular weight excluding hydrogens is 391 g/mol. The first-order valence-electron chi connectivity index (χ1n) is 7.79. The van der Waals surface area contributed by atoms with E-state index in [1.807, 2.05) is 36.4 Å². The van der Waals surface area contributed by atoms with Gasteiger partial charge in [-0.15, -0.1) is 0 Å². The van der Waals surface area contributed by atoms with Crippen molar-refractivity contribution in [2.45, 2.75) is 6.61 Å². The van der Waals surface area contributed by atoms with Gasteiger partial charge in [-0.2, -0.15) is 0 Å². The van der Waals surface area contributed by atoms with E-state index in [1.54, 1.807) is 31.1 Å². The molecule has 2 aromatic carbocycles. The van der Waals surface area contributed by atoms with Crippen LogP contribution in [-0.4, -0.2) is 30.1 Å². The first-order chi connectivity index (χ1) is 12.5. The molecule has 3 rings (SSSR count). The minimum absolute atomic E-state index is 0.0458. The summed E-state index contributed by atoms with van der Waals surface area (Å²) in [6.07, 6.45) is 1.85. The second kappa shape index (κ2) is 8.16. The highest BCUT2D eigenvalue weighted by atomic mass is 35.5. The fourth-order valence-electron chi connectivity index (χ4n) is 2.36. The molecule has 0 radical (unpaired) electrons. The Labute approximate surface area is 166 Å². The summed E-state index contributed by atoms with van der Waals surface area (Å²) in [6.45, 7) is 0.396. The quantitative estimate of drug-likeness (QED) is 0.662. The van der Waals surface area contributed by atoms with Crippen molar-refractivity contribution in [3.8, 4) is 5.75 Å². The highest BCUT2D eigenvalue weighted by Crippen LogP contribution is 2.31. The molecular formula is C19H16Cl2N2O2S. The second-order valence-corrected chi connectivity index (χ2v) is 7.41. The van der Waals surface area contributed by atoms with Crippen molar-refractivity contribution in [2.24, 2.45) is 4.99 Å². The molecule has 1 heterocycles. The van der Waals surface area contributed by atoms with Crippen LogP contribution in [0.15, 0.2) is 52.4 Å². The third-order valence-corrected chi connectivity index (χ3v) is 5.65. The van der Waals surface area contributed by atoms with E-state index in [-0.39, 0.29) is 5.91 Å². The van der Waals surface area contributed by atoms with Crippen LogP contribution >= 0.6 is 35.0 Å². The maximum absolute atomic E-state index is 12.2. The van der Waals surface area contributed by atoms with Gasteiger partial charge in [-0.3, -0.25) is 14.7 Å². The van der Waals surface area contributed by atoms with Crippen molar-refractivity contribution in [1.29, 1.82) is 0 Å². The number of nitrogens with zero attached hydrogens (tertiary/aromatic N) is 2. The lowest BCUT2D eigenvalue weighted by atomic mass is 10.2. The van der Waals surface area contributed by atoms with Crippen LogP contribution in [-0.2, 0) is 11.4 Å². The molecule has 0 spiro atoms. The summed E-state index contributed by atoms with van der Waals surface area (Å²) >= 11 is 13.3. The van der Waals surface area contributed by atoms with E-state index in [2.05, 4.69) is 4.99 Å². The van der Waals surface area contributed by atoms with Crippen LogP contribution in [0, 0.1) is 0 Å². The van der Waals surface area contributed by atoms with Gasteiger partial charge >= 0.3 is 0 Å². The minimum atomic E-state index is -0.0458. The zero-order valence-corrected chi connectivity index (χ0v) is 16.5. The highest BCUT2D eigenvalue weighted by Gasteiger charge is 2.29. The van der Waals surface area contributed by atoms with Gasteiger partial charge < -0.3 is 4.74 Å². The van der Waals surface area contributed by atoms with Crippen molar-refractivity contribution >= 4 is 52.1 Å². The van der Waals surface area contributed by atoms with E-state index >= 15 is 0 Å². The third-order valence-electron chi connectivity index (χ3n) is 3.76. The van der Waals surface area contributed by atoms with Crippen LogP contribution in [0.3, 0.4) is 0 Å². The molecule has 0 bridgehead atoms. The molecule has 0 aliphatic carbocycles. The summed E-state index contributed by atoms with van der Waals surface area (Å²) in [5.74, 6) is 0.687. The van der Waals surface area contributed by atoms with Crippen molar-refractivity contribution in [3.63, 3.8) is 0 Å². The molecule has 1 fully saturated rings. The Morgan fingerprint density at radius 2 is 1.88 bits per heavy atom. The molecule has 1 amide bonds. The van der Waals surface area contributed by atoms with Gasteiger partial charge in [0, 0.05) is 14.1 Å². The third kappa shape index (κ3) is 4.23. The number of carbonyl (C=O) groups excluding carboxylic acids is 1. The monoisotopic (exact) mass is 406 g/mol. The first-order valence-corrected chi connectivity index (χ1v) is 9.36.